The van der Waals surface area contributed by atoms with Gasteiger partial charge in [0.15, 0.2) is 5.65 Å². The molecule has 3 heterocycles. The summed E-state index contributed by atoms with van der Waals surface area (Å²) in [6.45, 7) is 2.14. The highest BCUT2D eigenvalue weighted by Crippen LogP contribution is 2.29. The monoisotopic (exact) mass is 356 g/mol. The van der Waals surface area contributed by atoms with Crippen molar-refractivity contribution in [2.24, 2.45) is 0 Å². The van der Waals surface area contributed by atoms with E-state index in [1.54, 1.807) is 0 Å². The van der Waals surface area contributed by atoms with Gasteiger partial charge in [-0.15, -0.1) is 0 Å². The molecule has 0 radical (unpaired) electrons. The van der Waals surface area contributed by atoms with Crippen molar-refractivity contribution in [2.75, 3.05) is 13.1 Å². The molecule has 3 aromatic rings. The molecule has 5 heteroatoms. The Kier molecular flexibility index (Phi) is 3.68. The minimum absolute atomic E-state index is 0.509. The number of fused-ring (bicyclic) bond motifs is 1. The van der Waals surface area contributed by atoms with Crippen LogP contribution >= 0.6 is 15.9 Å². The van der Waals surface area contributed by atoms with Gasteiger partial charge in [-0.05, 0) is 43.1 Å². The quantitative estimate of drug-likeness (QED) is 0.762. The number of rotatable bonds is 2. The second-order valence-corrected chi connectivity index (χ2v) is 6.63. The lowest BCUT2D eigenvalue weighted by Crippen LogP contribution is -2.29. The van der Waals surface area contributed by atoms with Crippen LogP contribution < -0.4 is 5.32 Å². The second kappa shape index (κ2) is 5.82. The average Bonchev–Trinajstić information content (AvgIpc) is 3.00. The Morgan fingerprint density at radius 1 is 1.27 bits per heavy atom. The van der Waals surface area contributed by atoms with E-state index in [2.05, 4.69) is 49.5 Å². The van der Waals surface area contributed by atoms with Gasteiger partial charge in [0.05, 0.1) is 11.9 Å². The van der Waals surface area contributed by atoms with Crippen LogP contribution in [0.5, 0.6) is 0 Å². The minimum Gasteiger partial charge on any atom is -0.316 e. The molecule has 0 saturated carbocycles. The smallest absolute Gasteiger partial charge is 0.163 e. The van der Waals surface area contributed by atoms with Crippen molar-refractivity contribution in [3.8, 4) is 11.1 Å². The van der Waals surface area contributed by atoms with Crippen LogP contribution in [0.1, 0.15) is 24.5 Å². The van der Waals surface area contributed by atoms with E-state index in [9.17, 15) is 0 Å². The third-order valence-electron chi connectivity index (χ3n) is 4.28. The normalized spacial score (nSPS) is 18.7. The summed E-state index contributed by atoms with van der Waals surface area (Å²) in [6, 6.07) is 10.4. The van der Waals surface area contributed by atoms with Gasteiger partial charge in [0, 0.05) is 28.7 Å². The minimum atomic E-state index is 0.509. The molecule has 1 aliphatic rings. The molecule has 0 bridgehead atoms. The summed E-state index contributed by atoms with van der Waals surface area (Å²) in [6.07, 6.45) is 6.25. The number of aromatic nitrogens is 3. The van der Waals surface area contributed by atoms with E-state index in [0.29, 0.717) is 5.92 Å². The van der Waals surface area contributed by atoms with Gasteiger partial charge in [-0.2, -0.15) is 5.10 Å². The van der Waals surface area contributed by atoms with Gasteiger partial charge in [0.1, 0.15) is 0 Å². The summed E-state index contributed by atoms with van der Waals surface area (Å²) in [5, 5.41) is 8.09. The Morgan fingerprint density at radius 3 is 3.05 bits per heavy atom. The lowest BCUT2D eigenvalue weighted by Gasteiger charge is -2.23. The molecule has 1 unspecified atom stereocenters. The topological polar surface area (TPSA) is 42.2 Å². The van der Waals surface area contributed by atoms with Crippen LogP contribution in [0.15, 0.2) is 47.2 Å². The first kappa shape index (κ1) is 13.9. The summed E-state index contributed by atoms with van der Waals surface area (Å²) in [4.78, 5) is 4.57. The van der Waals surface area contributed by atoms with E-state index in [1.807, 2.05) is 29.0 Å². The van der Waals surface area contributed by atoms with Crippen LogP contribution in [-0.2, 0) is 0 Å². The molecule has 1 saturated heterocycles. The van der Waals surface area contributed by atoms with Crippen molar-refractivity contribution in [3.05, 3.63) is 52.9 Å². The second-order valence-electron chi connectivity index (χ2n) is 5.72. The van der Waals surface area contributed by atoms with E-state index in [0.717, 1.165) is 34.3 Å². The first-order chi connectivity index (χ1) is 10.8. The number of halogens is 1. The van der Waals surface area contributed by atoms with Gasteiger partial charge in [-0.3, -0.25) is 0 Å². The number of piperidine rings is 1. The molecule has 1 atom stereocenters. The maximum absolute atomic E-state index is 4.61. The molecule has 0 spiro atoms. The lowest BCUT2D eigenvalue weighted by atomic mass is 9.96. The predicted octanol–water partition coefficient (Wildman–Crippen LogP) is 3.63. The molecular formula is C17H17BrN4. The molecule has 112 valence electrons. The Hall–Kier alpha value is -1.72. The maximum atomic E-state index is 4.61. The Morgan fingerprint density at radius 2 is 2.23 bits per heavy atom. The first-order valence-corrected chi connectivity index (χ1v) is 8.41. The summed E-state index contributed by atoms with van der Waals surface area (Å²) in [7, 11) is 0. The Balaban J connectivity index is 1.83. The molecule has 1 N–H and O–H groups in total. The fraction of sp³-hybridized carbons (Fsp3) is 0.294. The largest absolute Gasteiger partial charge is 0.316 e. The van der Waals surface area contributed by atoms with Gasteiger partial charge in [0.2, 0.25) is 0 Å². The highest BCUT2D eigenvalue weighted by Gasteiger charge is 2.19. The molecule has 1 fully saturated rings. The van der Waals surface area contributed by atoms with E-state index < -0.39 is 0 Å². The third-order valence-corrected chi connectivity index (χ3v) is 4.77. The Labute approximate surface area is 137 Å². The van der Waals surface area contributed by atoms with E-state index in [1.165, 1.54) is 18.5 Å². The summed E-state index contributed by atoms with van der Waals surface area (Å²) in [5.74, 6) is 0.509. The molecule has 2 aromatic heterocycles. The molecule has 4 rings (SSSR count). The van der Waals surface area contributed by atoms with Crippen LogP contribution in [0.25, 0.3) is 16.8 Å². The van der Waals surface area contributed by atoms with Gasteiger partial charge in [-0.25, -0.2) is 9.50 Å². The van der Waals surface area contributed by atoms with E-state index in [-0.39, 0.29) is 0 Å². The molecule has 4 nitrogen and oxygen atoms in total. The van der Waals surface area contributed by atoms with Gasteiger partial charge >= 0.3 is 0 Å². The zero-order chi connectivity index (χ0) is 14.9. The van der Waals surface area contributed by atoms with Crippen LogP contribution in [-0.4, -0.2) is 27.7 Å². The van der Waals surface area contributed by atoms with Crippen LogP contribution in [0.4, 0.5) is 0 Å². The first-order valence-electron chi connectivity index (χ1n) is 7.62. The van der Waals surface area contributed by atoms with Crippen molar-refractivity contribution >= 4 is 21.6 Å². The number of benzene rings is 1. The predicted molar refractivity (Wildman–Crippen MR) is 91.0 cm³/mol. The van der Waals surface area contributed by atoms with Gasteiger partial charge in [0.25, 0.3) is 0 Å². The molecule has 0 amide bonds. The maximum Gasteiger partial charge on any atom is 0.163 e. The average molecular weight is 357 g/mol. The molecular weight excluding hydrogens is 340 g/mol. The van der Waals surface area contributed by atoms with Crippen molar-refractivity contribution in [1.29, 1.82) is 0 Å². The highest BCUT2D eigenvalue weighted by atomic mass is 79.9. The summed E-state index contributed by atoms with van der Waals surface area (Å²) >= 11 is 3.53. The zero-order valence-electron chi connectivity index (χ0n) is 12.2. The number of hydrogen-bond donors (Lipinski definition) is 1. The Bertz CT molecular complexity index is 805. The van der Waals surface area contributed by atoms with Crippen molar-refractivity contribution in [3.63, 3.8) is 0 Å². The van der Waals surface area contributed by atoms with Gasteiger partial charge in [-0.1, -0.05) is 28.1 Å². The molecule has 22 heavy (non-hydrogen) atoms. The van der Waals surface area contributed by atoms with E-state index >= 15 is 0 Å². The van der Waals surface area contributed by atoms with Crippen molar-refractivity contribution in [1.82, 2.24) is 19.9 Å². The summed E-state index contributed by atoms with van der Waals surface area (Å²) in [5.41, 5.74) is 4.39. The van der Waals surface area contributed by atoms with Gasteiger partial charge < -0.3 is 5.32 Å². The fourth-order valence-electron chi connectivity index (χ4n) is 3.18. The zero-order valence-corrected chi connectivity index (χ0v) is 13.8. The van der Waals surface area contributed by atoms with Crippen LogP contribution in [0.3, 0.4) is 0 Å². The standard InChI is InChI=1S/C17H17BrN4/c18-14-5-1-3-12(9-14)15-11-21-22-16(6-8-20-17(15)22)13-4-2-7-19-10-13/h1,3,5-6,8-9,11,13,19H,2,4,7,10H2. The van der Waals surface area contributed by atoms with Crippen LogP contribution in [0.2, 0.25) is 0 Å². The van der Waals surface area contributed by atoms with E-state index in [4.69, 9.17) is 0 Å². The summed E-state index contributed by atoms with van der Waals surface area (Å²) < 4.78 is 3.07. The third kappa shape index (κ3) is 2.44. The van der Waals surface area contributed by atoms with Crippen molar-refractivity contribution in [2.45, 2.75) is 18.8 Å². The highest BCUT2D eigenvalue weighted by molar-refractivity contribution is 9.10. The number of nitrogens with one attached hydrogen (secondary N) is 1. The van der Waals surface area contributed by atoms with Crippen LogP contribution in [0, 0.1) is 0 Å². The molecule has 1 aromatic carbocycles. The molecule has 0 aliphatic carbocycles. The lowest BCUT2D eigenvalue weighted by molar-refractivity contribution is 0.448. The number of hydrogen-bond acceptors (Lipinski definition) is 3. The number of nitrogens with zero attached hydrogens (tertiary/aromatic N) is 3. The SMILES string of the molecule is Brc1cccc(-c2cnn3c(C4CCCNC4)ccnc23)c1. The fourth-order valence-corrected chi connectivity index (χ4v) is 3.58. The van der Waals surface area contributed by atoms with Crippen molar-refractivity contribution < 1.29 is 0 Å². The molecule has 1 aliphatic heterocycles.